The van der Waals surface area contributed by atoms with Crippen LogP contribution in [0.5, 0.6) is 0 Å². The van der Waals surface area contributed by atoms with E-state index in [1.165, 1.54) is 0 Å². The molecule has 8 heteroatoms. The van der Waals surface area contributed by atoms with Crippen molar-refractivity contribution in [3.8, 4) is 0 Å². The molecule has 2 aromatic heterocycles. The summed E-state index contributed by atoms with van der Waals surface area (Å²) in [5, 5.41) is 11.2. The summed E-state index contributed by atoms with van der Waals surface area (Å²) >= 11 is 8.16. The lowest BCUT2D eigenvalue weighted by atomic mass is 9.74. The van der Waals surface area contributed by atoms with E-state index in [1.54, 1.807) is 35.4 Å². The first-order chi connectivity index (χ1) is 14.5. The van der Waals surface area contributed by atoms with Crippen LogP contribution < -0.4 is 10.6 Å². The predicted molar refractivity (Wildman–Crippen MR) is 118 cm³/mol. The molecular formula is C22H22ClN3O3S. The number of nitrogens with zero attached hydrogens (tertiary/aromatic N) is 1. The molecule has 3 amide bonds. The van der Waals surface area contributed by atoms with Crippen LogP contribution >= 0.6 is 22.9 Å². The highest BCUT2D eigenvalue weighted by Gasteiger charge is 2.44. The Balaban J connectivity index is 1.59. The molecule has 1 aliphatic heterocycles. The highest BCUT2D eigenvalue weighted by Crippen LogP contribution is 2.49. The van der Waals surface area contributed by atoms with Crippen molar-refractivity contribution in [1.82, 2.24) is 10.2 Å². The molecule has 1 aliphatic carbocycles. The number of halogens is 1. The van der Waals surface area contributed by atoms with Crippen LogP contribution in [0.2, 0.25) is 5.02 Å². The number of hydrogen-bond acceptors (Lipinski definition) is 4. The van der Waals surface area contributed by atoms with Gasteiger partial charge in [-0.15, -0.1) is 0 Å². The molecule has 5 rings (SSSR count). The molecule has 3 aromatic rings. The molecule has 0 saturated heterocycles. The molecule has 6 nitrogen and oxygen atoms in total. The van der Waals surface area contributed by atoms with Crippen molar-refractivity contribution in [1.29, 1.82) is 0 Å². The van der Waals surface area contributed by atoms with E-state index in [4.69, 9.17) is 16.0 Å². The number of anilines is 1. The van der Waals surface area contributed by atoms with E-state index in [9.17, 15) is 9.59 Å². The maximum atomic E-state index is 13.0. The summed E-state index contributed by atoms with van der Waals surface area (Å²) in [7, 11) is 1.76. The molecule has 1 aromatic carbocycles. The van der Waals surface area contributed by atoms with Gasteiger partial charge in [-0.25, -0.2) is 4.79 Å². The van der Waals surface area contributed by atoms with Gasteiger partial charge in [-0.1, -0.05) is 30.9 Å². The number of benzene rings is 1. The number of hydrogen-bond donors (Lipinski definition) is 2. The zero-order valence-corrected chi connectivity index (χ0v) is 18.2. The number of nitrogens with one attached hydrogen (secondary N) is 2. The van der Waals surface area contributed by atoms with E-state index >= 15 is 0 Å². The summed E-state index contributed by atoms with van der Waals surface area (Å²) < 4.78 is 6.15. The Kier molecular flexibility index (Phi) is 4.75. The number of furan rings is 1. The fourth-order valence-electron chi connectivity index (χ4n) is 4.70. The fraction of sp³-hybridized carbons (Fsp3) is 0.364. The molecule has 156 valence electrons. The summed E-state index contributed by atoms with van der Waals surface area (Å²) in [6.07, 6.45) is 4.82. The first-order valence-corrected chi connectivity index (χ1v) is 11.4. The smallest absolute Gasteiger partial charge is 0.319 e. The Bertz CT molecular complexity index is 1130. The van der Waals surface area contributed by atoms with Crippen LogP contribution in [-0.2, 0) is 12.1 Å². The van der Waals surface area contributed by atoms with Crippen LogP contribution in [0, 0.1) is 0 Å². The van der Waals surface area contributed by atoms with E-state index in [0.717, 1.165) is 48.6 Å². The van der Waals surface area contributed by atoms with Gasteiger partial charge in [0.25, 0.3) is 5.91 Å². The number of fused-ring (bicyclic) bond motifs is 4. The molecular weight excluding hydrogens is 422 g/mol. The van der Waals surface area contributed by atoms with Crippen LogP contribution in [0.15, 0.2) is 33.4 Å². The molecule has 3 heterocycles. The Morgan fingerprint density at radius 3 is 2.83 bits per heavy atom. The van der Waals surface area contributed by atoms with Crippen molar-refractivity contribution in [3.63, 3.8) is 0 Å². The van der Waals surface area contributed by atoms with Gasteiger partial charge in [-0.05, 0) is 47.4 Å². The SMILES string of the molecule is CN(Cc1ccsc1)C(=O)c1cc2cc(Cl)c3c(c2o1)C1(CCCCC1)NC(=O)N3. The van der Waals surface area contributed by atoms with Gasteiger partial charge < -0.3 is 20.0 Å². The minimum atomic E-state index is -0.514. The third kappa shape index (κ3) is 3.17. The first kappa shape index (κ1) is 19.5. The Morgan fingerprint density at radius 2 is 2.10 bits per heavy atom. The maximum absolute atomic E-state index is 13.0. The molecule has 0 atom stereocenters. The average molecular weight is 444 g/mol. The minimum Gasteiger partial charge on any atom is -0.450 e. The summed E-state index contributed by atoms with van der Waals surface area (Å²) in [4.78, 5) is 27.0. The maximum Gasteiger partial charge on any atom is 0.319 e. The van der Waals surface area contributed by atoms with E-state index in [1.807, 2.05) is 16.8 Å². The lowest BCUT2D eigenvalue weighted by Crippen LogP contribution is -2.52. The fourth-order valence-corrected chi connectivity index (χ4v) is 5.62. The van der Waals surface area contributed by atoms with Gasteiger partial charge in [0.2, 0.25) is 0 Å². The van der Waals surface area contributed by atoms with Crippen LogP contribution in [0.1, 0.15) is 53.8 Å². The van der Waals surface area contributed by atoms with Gasteiger partial charge in [0.05, 0.1) is 16.2 Å². The number of carbonyl (C=O) groups excluding carboxylic acids is 2. The van der Waals surface area contributed by atoms with Crippen molar-refractivity contribution in [3.05, 3.63) is 50.9 Å². The molecule has 1 spiro atoms. The van der Waals surface area contributed by atoms with Gasteiger partial charge in [-0.2, -0.15) is 11.3 Å². The number of thiophene rings is 1. The molecule has 1 saturated carbocycles. The molecule has 0 unspecified atom stereocenters. The highest BCUT2D eigenvalue weighted by atomic mass is 35.5. The van der Waals surface area contributed by atoms with Crippen molar-refractivity contribution in [2.75, 3.05) is 12.4 Å². The second-order valence-corrected chi connectivity index (χ2v) is 9.34. The molecule has 0 bridgehead atoms. The second-order valence-electron chi connectivity index (χ2n) is 8.15. The lowest BCUT2D eigenvalue weighted by molar-refractivity contribution is 0.0755. The normalized spacial score (nSPS) is 17.5. The van der Waals surface area contributed by atoms with Crippen LogP contribution in [0.25, 0.3) is 11.0 Å². The average Bonchev–Trinajstić information content (AvgIpc) is 3.37. The zero-order valence-electron chi connectivity index (χ0n) is 16.6. The van der Waals surface area contributed by atoms with E-state index in [2.05, 4.69) is 10.6 Å². The monoisotopic (exact) mass is 443 g/mol. The van der Waals surface area contributed by atoms with Crippen molar-refractivity contribution < 1.29 is 14.0 Å². The van der Waals surface area contributed by atoms with Gasteiger partial charge >= 0.3 is 6.03 Å². The minimum absolute atomic E-state index is 0.187. The second kappa shape index (κ2) is 7.32. The number of rotatable bonds is 3. The van der Waals surface area contributed by atoms with Crippen LogP contribution in [0.3, 0.4) is 0 Å². The topological polar surface area (TPSA) is 74.6 Å². The molecule has 2 N–H and O–H groups in total. The molecule has 1 fully saturated rings. The number of urea groups is 1. The largest absolute Gasteiger partial charge is 0.450 e. The Morgan fingerprint density at radius 1 is 1.30 bits per heavy atom. The lowest BCUT2D eigenvalue weighted by Gasteiger charge is -2.42. The summed E-state index contributed by atoms with van der Waals surface area (Å²) in [5.41, 5.74) is 2.65. The number of carbonyl (C=O) groups is 2. The summed E-state index contributed by atoms with van der Waals surface area (Å²) in [5.74, 6) is 0.0860. The molecule has 30 heavy (non-hydrogen) atoms. The van der Waals surface area contributed by atoms with Gasteiger partial charge in [0.15, 0.2) is 5.76 Å². The van der Waals surface area contributed by atoms with Crippen LogP contribution in [-0.4, -0.2) is 23.9 Å². The molecule has 2 aliphatic rings. The third-order valence-corrected chi connectivity index (χ3v) is 7.12. The van der Waals surface area contributed by atoms with Crippen molar-refractivity contribution in [2.45, 2.75) is 44.2 Å². The van der Waals surface area contributed by atoms with E-state index in [-0.39, 0.29) is 17.7 Å². The highest BCUT2D eigenvalue weighted by molar-refractivity contribution is 7.07. The number of amides is 3. The van der Waals surface area contributed by atoms with Gasteiger partial charge in [0, 0.05) is 24.5 Å². The van der Waals surface area contributed by atoms with Gasteiger partial charge in [-0.3, -0.25) is 4.79 Å². The zero-order chi connectivity index (χ0) is 20.9. The summed E-state index contributed by atoms with van der Waals surface area (Å²) in [6.45, 7) is 0.514. The van der Waals surface area contributed by atoms with Crippen LogP contribution in [0.4, 0.5) is 10.5 Å². The third-order valence-electron chi connectivity index (χ3n) is 6.09. The predicted octanol–water partition coefficient (Wildman–Crippen LogP) is 5.71. The Hall–Kier alpha value is -2.51. The van der Waals surface area contributed by atoms with Crippen molar-refractivity contribution in [2.24, 2.45) is 0 Å². The standard InChI is InChI=1S/C22H22ClN3O3S/c1-26(11-13-5-8-30-12-13)20(27)16-10-14-9-15(23)18-17(19(14)29-16)22(25-21(28)24-18)6-3-2-4-7-22/h5,8-10,12H,2-4,6-7,11H2,1H3,(H2,24,25,28). The quantitative estimate of drug-likeness (QED) is 0.544. The van der Waals surface area contributed by atoms with Gasteiger partial charge in [0.1, 0.15) is 5.58 Å². The molecule has 0 radical (unpaired) electrons. The first-order valence-electron chi connectivity index (χ1n) is 10.1. The van der Waals surface area contributed by atoms with E-state index < -0.39 is 5.54 Å². The van der Waals surface area contributed by atoms with Crippen molar-refractivity contribution >= 4 is 51.5 Å². The summed E-state index contributed by atoms with van der Waals surface area (Å²) in [6, 6.07) is 5.27. The Labute approximate surface area is 183 Å². The van der Waals surface area contributed by atoms with E-state index in [0.29, 0.717) is 22.8 Å².